The highest BCUT2D eigenvalue weighted by Gasteiger charge is 2.24. The molecule has 0 aliphatic heterocycles. The van der Waals surface area contributed by atoms with E-state index in [1.807, 2.05) is 13.8 Å². The molecule has 0 aliphatic rings. The molecule has 0 saturated heterocycles. The number of halogens is 1. The Morgan fingerprint density at radius 3 is 2.72 bits per heavy atom. The van der Waals surface area contributed by atoms with E-state index in [0.29, 0.717) is 23.4 Å². The number of amides is 1. The van der Waals surface area contributed by atoms with E-state index in [1.165, 1.54) is 6.07 Å². The molecule has 1 N–H and O–H groups in total. The first-order chi connectivity index (χ1) is 11.9. The van der Waals surface area contributed by atoms with E-state index in [1.54, 1.807) is 25.1 Å². The van der Waals surface area contributed by atoms with Gasteiger partial charge in [-0.3, -0.25) is 4.79 Å². The van der Waals surface area contributed by atoms with Crippen LogP contribution in [0.1, 0.15) is 47.1 Å². The molecule has 0 unspecified atom stereocenters. The number of benzene rings is 1. The van der Waals surface area contributed by atoms with Gasteiger partial charge in [-0.25, -0.2) is 9.18 Å². The van der Waals surface area contributed by atoms with Crippen LogP contribution in [0, 0.1) is 12.7 Å². The van der Waals surface area contributed by atoms with Crippen molar-refractivity contribution in [3.63, 3.8) is 0 Å². The Bertz CT molecular complexity index is 755. The van der Waals surface area contributed by atoms with Crippen LogP contribution in [0.5, 0.6) is 0 Å². The molecule has 2 rings (SSSR count). The second kappa shape index (κ2) is 8.41. The molecule has 1 heterocycles. The summed E-state index contributed by atoms with van der Waals surface area (Å²) in [6, 6.07) is 6.36. The summed E-state index contributed by atoms with van der Waals surface area (Å²) in [4.78, 5) is 23.9. The monoisotopic (exact) mass is 348 g/mol. The fraction of sp³-hybridized carbons (Fsp3) is 0.389. The van der Waals surface area contributed by atoms with Gasteiger partial charge in [-0.2, -0.15) is 0 Å². The molecule has 6 nitrogen and oxygen atoms in total. The van der Waals surface area contributed by atoms with Gasteiger partial charge in [0.15, 0.2) is 12.4 Å². The molecule has 2 aromatic rings. The SMILES string of the molecule is Cc1noc(C(C)C)c1C(=O)OCC(=O)NCCc1ccccc1F. The zero-order chi connectivity index (χ0) is 18.4. The molecule has 1 amide bonds. The van der Waals surface area contributed by atoms with Gasteiger partial charge in [0.05, 0.1) is 5.69 Å². The van der Waals surface area contributed by atoms with Gasteiger partial charge in [-0.1, -0.05) is 37.2 Å². The predicted molar refractivity (Wildman–Crippen MR) is 88.7 cm³/mol. The molecule has 0 saturated carbocycles. The van der Waals surface area contributed by atoms with Crippen molar-refractivity contribution in [3.05, 3.63) is 52.7 Å². The van der Waals surface area contributed by atoms with Crippen molar-refractivity contribution in [1.29, 1.82) is 0 Å². The van der Waals surface area contributed by atoms with E-state index in [9.17, 15) is 14.0 Å². The largest absolute Gasteiger partial charge is 0.452 e. The van der Waals surface area contributed by atoms with E-state index >= 15 is 0 Å². The lowest BCUT2D eigenvalue weighted by molar-refractivity contribution is -0.124. The van der Waals surface area contributed by atoms with Gasteiger partial charge >= 0.3 is 5.97 Å². The topological polar surface area (TPSA) is 81.4 Å². The fourth-order valence-corrected chi connectivity index (χ4v) is 2.32. The number of carbonyl (C=O) groups excluding carboxylic acids is 2. The lowest BCUT2D eigenvalue weighted by Crippen LogP contribution is -2.30. The van der Waals surface area contributed by atoms with Crippen LogP contribution in [-0.4, -0.2) is 30.2 Å². The molecule has 1 aromatic heterocycles. The van der Waals surface area contributed by atoms with Crippen molar-refractivity contribution in [1.82, 2.24) is 10.5 Å². The summed E-state index contributed by atoms with van der Waals surface area (Å²) in [5.74, 6) is -1.01. The Hall–Kier alpha value is -2.70. The van der Waals surface area contributed by atoms with Crippen LogP contribution in [0.2, 0.25) is 0 Å². The first-order valence-electron chi connectivity index (χ1n) is 8.03. The van der Waals surface area contributed by atoms with E-state index in [4.69, 9.17) is 9.26 Å². The number of carbonyl (C=O) groups is 2. The number of aryl methyl sites for hydroxylation is 1. The van der Waals surface area contributed by atoms with E-state index in [-0.39, 0.29) is 23.8 Å². The van der Waals surface area contributed by atoms with Gasteiger partial charge in [0, 0.05) is 12.5 Å². The lowest BCUT2D eigenvalue weighted by Gasteiger charge is -2.08. The Morgan fingerprint density at radius 1 is 1.32 bits per heavy atom. The van der Waals surface area contributed by atoms with Gasteiger partial charge < -0.3 is 14.6 Å². The van der Waals surface area contributed by atoms with Gasteiger partial charge in [-0.05, 0) is 25.0 Å². The van der Waals surface area contributed by atoms with Crippen LogP contribution >= 0.6 is 0 Å². The number of hydrogen-bond acceptors (Lipinski definition) is 5. The molecule has 0 spiro atoms. The van der Waals surface area contributed by atoms with E-state index in [0.717, 1.165) is 0 Å². The Balaban J connectivity index is 1.81. The van der Waals surface area contributed by atoms with E-state index in [2.05, 4.69) is 10.5 Å². The molecule has 0 fully saturated rings. The maximum atomic E-state index is 13.5. The number of nitrogens with one attached hydrogen (secondary N) is 1. The van der Waals surface area contributed by atoms with Crippen molar-refractivity contribution in [2.75, 3.05) is 13.2 Å². The highest BCUT2D eigenvalue weighted by atomic mass is 19.1. The van der Waals surface area contributed by atoms with Crippen molar-refractivity contribution in [3.8, 4) is 0 Å². The Labute approximate surface area is 145 Å². The fourth-order valence-electron chi connectivity index (χ4n) is 2.32. The van der Waals surface area contributed by atoms with Gasteiger partial charge in [0.1, 0.15) is 11.4 Å². The highest BCUT2D eigenvalue weighted by Crippen LogP contribution is 2.22. The van der Waals surface area contributed by atoms with Crippen molar-refractivity contribution < 1.29 is 23.2 Å². The van der Waals surface area contributed by atoms with Crippen molar-refractivity contribution >= 4 is 11.9 Å². The van der Waals surface area contributed by atoms with Gasteiger partial charge in [0.25, 0.3) is 5.91 Å². The second-order valence-electron chi connectivity index (χ2n) is 5.93. The molecular formula is C18H21FN2O4. The number of esters is 1. The molecule has 25 heavy (non-hydrogen) atoms. The molecule has 0 atom stereocenters. The average molecular weight is 348 g/mol. The molecule has 7 heteroatoms. The van der Waals surface area contributed by atoms with Crippen LogP contribution in [0.4, 0.5) is 4.39 Å². The van der Waals surface area contributed by atoms with Crippen LogP contribution in [0.25, 0.3) is 0 Å². The summed E-state index contributed by atoms with van der Waals surface area (Å²) in [6.07, 6.45) is 0.356. The van der Waals surface area contributed by atoms with Crippen LogP contribution in [-0.2, 0) is 16.0 Å². The normalized spacial score (nSPS) is 10.8. The highest BCUT2D eigenvalue weighted by molar-refractivity contribution is 5.93. The average Bonchev–Trinajstić information content (AvgIpc) is 2.96. The summed E-state index contributed by atoms with van der Waals surface area (Å²) < 4.78 is 23.6. The molecule has 0 radical (unpaired) electrons. The third-order valence-corrected chi connectivity index (χ3v) is 3.63. The van der Waals surface area contributed by atoms with Crippen molar-refractivity contribution in [2.24, 2.45) is 0 Å². The maximum absolute atomic E-state index is 13.5. The molecule has 0 bridgehead atoms. The number of nitrogens with zero attached hydrogens (tertiary/aromatic N) is 1. The number of aromatic nitrogens is 1. The van der Waals surface area contributed by atoms with Crippen LogP contribution < -0.4 is 5.32 Å². The summed E-state index contributed by atoms with van der Waals surface area (Å²) in [7, 11) is 0. The first-order valence-corrected chi connectivity index (χ1v) is 8.03. The number of ether oxygens (including phenoxy) is 1. The minimum absolute atomic E-state index is 0.0293. The summed E-state index contributed by atoms with van der Waals surface area (Å²) in [6.45, 7) is 5.21. The minimum atomic E-state index is -0.647. The number of hydrogen-bond donors (Lipinski definition) is 1. The van der Waals surface area contributed by atoms with Crippen LogP contribution in [0.3, 0.4) is 0 Å². The third-order valence-electron chi connectivity index (χ3n) is 3.63. The molecule has 1 aromatic carbocycles. The summed E-state index contributed by atoms with van der Waals surface area (Å²) in [5.41, 5.74) is 1.20. The zero-order valence-corrected chi connectivity index (χ0v) is 14.5. The molecular weight excluding hydrogens is 327 g/mol. The smallest absolute Gasteiger partial charge is 0.344 e. The predicted octanol–water partition coefficient (Wildman–Crippen LogP) is 2.76. The molecule has 0 aliphatic carbocycles. The molecule has 134 valence electrons. The van der Waals surface area contributed by atoms with Gasteiger partial charge in [-0.15, -0.1) is 0 Å². The number of rotatable bonds is 7. The van der Waals surface area contributed by atoms with E-state index < -0.39 is 18.5 Å². The third kappa shape index (κ3) is 4.89. The standard InChI is InChI=1S/C18H21FN2O4/c1-11(2)17-16(12(3)21-25-17)18(23)24-10-15(22)20-9-8-13-6-4-5-7-14(13)19/h4-7,11H,8-10H2,1-3H3,(H,20,22). The Morgan fingerprint density at radius 2 is 2.04 bits per heavy atom. The maximum Gasteiger partial charge on any atom is 0.344 e. The quantitative estimate of drug-likeness (QED) is 0.778. The Kier molecular flexibility index (Phi) is 6.27. The zero-order valence-electron chi connectivity index (χ0n) is 14.5. The minimum Gasteiger partial charge on any atom is -0.452 e. The first kappa shape index (κ1) is 18.6. The summed E-state index contributed by atoms with van der Waals surface area (Å²) >= 11 is 0. The van der Waals surface area contributed by atoms with Gasteiger partial charge in [0.2, 0.25) is 0 Å². The summed E-state index contributed by atoms with van der Waals surface area (Å²) in [5, 5.41) is 6.35. The van der Waals surface area contributed by atoms with Crippen LogP contribution in [0.15, 0.2) is 28.8 Å². The lowest BCUT2D eigenvalue weighted by atomic mass is 10.1. The second-order valence-corrected chi connectivity index (χ2v) is 5.93. The van der Waals surface area contributed by atoms with Crippen molar-refractivity contribution in [2.45, 2.75) is 33.1 Å².